The fourth-order valence-electron chi connectivity index (χ4n) is 2.89. The molecule has 1 aliphatic carbocycles. The average Bonchev–Trinajstić information content (AvgIpc) is 2.86. The third kappa shape index (κ3) is 2.47. The van der Waals surface area contributed by atoms with Crippen LogP contribution in [0.2, 0.25) is 0 Å². The maximum Gasteiger partial charge on any atom is 0.309 e. The summed E-state index contributed by atoms with van der Waals surface area (Å²) in [5.74, 6) is 0.890. The van der Waals surface area contributed by atoms with Gasteiger partial charge in [0.1, 0.15) is 11.5 Å². The second-order valence-corrected chi connectivity index (χ2v) is 5.95. The fraction of sp³-hybridized carbons (Fsp3) is 0.562. The van der Waals surface area contributed by atoms with E-state index < -0.39 is 11.4 Å². The molecule has 4 nitrogen and oxygen atoms in total. The molecule has 1 aliphatic rings. The lowest BCUT2D eigenvalue weighted by molar-refractivity contribution is -0.146. The number of benzene rings is 1. The minimum atomic E-state index is -0.828. The number of methoxy groups -OCH3 is 2. The summed E-state index contributed by atoms with van der Waals surface area (Å²) in [5.41, 5.74) is 2.48. The van der Waals surface area contributed by atoms with E-state index in [0.29, 0.717) is 6.42 Å². The van der Waals surface area contributed by atoms with Crippen LogP contribution in [0.5, 0.6) is 11.5 Å². The maximum absolute atomic E-state index is 11.3. The summed E-state index contributed by atoms with van der Waals surface area (Å²) in [6, 6.07) is 1.94. The molecule has 0 aromatic heterocycles. The summed E-state index contributed by atoms with van der Waals surface area (Å²) in [6.45, 7) is 3.46. The molecule has 20 heavy (non-hydrogen) atoms. The molecule has 0 unspecified atom stereocenters. The summed E-state index contributed by atoms with van der Waals surface area (Å²) >= 11 is 0. The highest BCUT2D eigenvalue weighted by Gasteiger charge is 2.31. The number of hydrogen-bond acceptors (Lipinski definition) is 3. The third-order valence-corrected chi connectivity index (χ3v) is 4.02. The van der Waals surface area contributed by atoms with Crippen molar-refractivity contribution in [1.29, 1.82) is 0 Å². The Morgan fingerprint density at radius 3 is 2.45 bits per heavy atom. The molecular formula is C16H22O4. The van der Waals surface area contributed by atoms with Gasteiger partial charge in [-0.15, -0.1) is 0 Å². The number of hydrogen-bond donors (Lipinski definition) is 1. The molecule has 0 radical (unpaired) electrons. The van der Waals surface area contributed by atoms with Crippen LogP contribution in [-0.2, 0) is 24.1 Å². The van der Waals surface area contributed by atoms with Crippen molar-refractivity contribution in [3.05, 3.63) is 22.8 Å². The first kappa shape index (κ1) is 14.7. The zero-order valence-corrected chi connectivity index (χ0v) is 12.6. The van der Waals surface area contributed by atoms with E-state index in [-0.39, 0.29) is 0 Å². The Labute approximate surface area is 119 Å². The normalized spacial score (nSPS) is 14.0. The summed E-state index contributed by atoms with van der Waals surface area (Å²) in [4.78, 5) is 11.3. The highest BCUT2D eigenvalue weighted by molar-refractivity contribution is 5.74. The number of carboxylic acids is 1. The zero-order valence-electron chi connectivity index (χ0n) is 12.6. The lowest BCUT2D eigenvalue weighted by Gasteiger charge is -2.23. The van der Waals surface area contributed by atoms with Gasteiger partial charge in [-0.3, -0.25) is 4.79 Å². The van der Waals surface area contributed by atoms with Crippen molar-refractivity contribution in [1.82, 2.24) is 0 Å². The molecule has 0 saturated heterocycles. The van der Waals surface area contributed by atoms with Crippen LogP contribution in [0.25, 0.3) is 0 Å². The van der Waals surface area contributed by atoms with Gasteiger partial charge >= 0.3 is 5.97 Å². The number of carboxylic acid groups (broad SMARTS) is 1. The van der Waals surface area contributed by atoms with Crippen LogP contribution in [0.1, 0.15) is 37.0 Å². The molecule has 4 heteroatoms. The fourth-order valence-corrected chi connectivity index (χ4v) is 2.89. The Morgan fingerprint density at radius 2 is 1.90 bits per heavy atom. The van der Waals surface area contributed by atoms with Crippen LogP contribution in [-0.4, -0.2) is 25.3 Å². The maximum atomic E-state index is 11.3. The number of ether oxygens (including phenoxy) is 2. The first-order valence-electron chi connectivity index (χ1n) is 6.89. The molecule has 0 heterocycles. The average molecular weight is 278 g/mol. The molecule has 0 spiro atoms. The predicted molar refractivity (Wildman–Crippen MR) is 76.7 cm³/mol. The van der Waals surface area contributed by atoms with Crippen LogP contribution in [0.3, 0.4) is 0 Å². The van der Waals surface area contributed by atoms with Gasteiger partial charge in [0, 0.05) is 11.1 Å². The van der Waals surface area contributed by atoms with Crippen LogP contribution >= 0.6 is 0 Å². The third-order valence-electron chi connectivity index (χ3n) is 4.02. The topological polar surface area (TPSA) is 55.8 Å². The predicted octanol–water partition coefficient (Wildman–Crippen LogP) is 2.85. The van der Waals surface area contributed by atoms with E-state index in [0.717, 1.165) is 36.3 Å². The van der Waals surface area contributed by atoms with Crippen molar-refractivity contribution < 1.29 is 19.4 Å². The Morgan fingerprint density at radius 1 is 1.25 bits per heavy atom. The van der Waals surface area contributed by atoms with E-state index in [1.807, 2.05) is 6.07 Å². The van der Waals surface area contributed by atoms with Gasteiger partial charge < -0.3 is 14.6 Å². The van der Waals surface area contributed by atoms with Crippen LogP contribution in [0.4, 0.5) is 0 Å². The minimum Gasteiger partial charge on any atom is -0.496 e. The Bertz CT molecular complexity index is 532. The van der Waals surface area contributed by atoms with Crippen molar-refractivity contribution in [2.45, 2.75) is 39.5 Å². The molecule has 0 atom stereocenters. The van der Waals surface area contributed by atoms with Crippen molar-refractivity contribution >= 4 is 5.97 Å². The van der Waals surface area contributed by atoms with Crippen LogP contribution in [0.15, 0.2) is 6.07 Å². The highest BCUT2D eigenvalue weighted by atomic mass is 16.5. The number of rotatable bonds is 5. The van der Waals surface area contributed by atoms with Crippen LogP contribution < -0.4 is 9.47 Å². The number of carbonyl (C=O) groups is 1. The van der Waals surface area contributed by atoms with Gasteiger partial charge in [-0.05, 0) is 51.2 Å². The van der Waals surface area contributed by atoms with E-state index in [9.17, 15) is 9.90 Å². The standard InChI is InChI=1S/C16H22O4/c1-16(2,15(17)18)9-10-8-13(19-3)11-6-5-7-12(11)14(10)20-4/h8H,5-7,9H2,1-4H3,(H,17,18). The van der Waals surface area contributed by atoms with Gasteiger partial charge in [-0.25, -0.2) is 0 Å². The van der Waals surface area contributed by atoms with E-state index >= 15 is 0 Å². The van der Waals surface area contributed by atoms with E-state index in [2.05, 4.69) is 0 Å². The molecule has 2 rings (SSSR count). The molecule has 0 aliphatic heterocycles. The smallest absolute Gasteiger partial charge is 0.309 e. The Hall–Kier alpha value is -1.71. The second kappa shape index (κ2) is 5.35. The summed E-state index contributed by atoms with van der Waals surface area (Å²) in [5, 5.41) is 9.31. The van der Waals surface area contributed by atoms with Crippen LogP contribution in [0, 0.1) is 5.41 Å². The molecule has 1 aromatic carbocycles. The van der Waals surface area contributed by atoms with Gasteiger partial charge in [-0.2, -0.15) is 0 Å². The largest absolute Gasteiger partial charge is 0.496 e. The van der Waals surface area contributed by atoms with E-state index in [1.54, 1.807) is 28.1 Å². The Balaban J connectivity index is 2.50. The van der Waals surface area contributed by atoms with Gasteiger partial charge in [0.15, 0.2) is 0 Å². The van der Waals surface area contributed by atoms with E-state index in [1.165, 1.54) is 11.1 Å². The van der Waals surface area contributed by atoms with E-state index in [4.69, 9.17) is 9.47 Å². The zero-order chi connectivity index (χ0) is 14.9. The number of fused-ring (bicyclic) bond motifs is 1. The monoisotopic (exact) mass is 278 g/mol. The Kier molecular flexibility index (Phi) is 3.93. The molecule has 110 valence electrons. The van der Waals surface area contributed by atoms with Crippen molar-refractivity contribution in [2.75, 3.05) is 14.2 Å². The highest BCUT2D eigenvalue weighted by Crippen LogP contribution is 2.41. The van der Waals surface area contributed by atoms with Gasteiger partial charge in [0.25, 0.3) is 0 Å². The van der Waals surface area contributed by atoms with Gasteiger partial charge in [-0.1, -0.05) is 0 Å². The van der Waals surface area contributed by atoms with Crippen molar-refractivity contribution in [3.63, 3.8) is 0 Å². The van der Waals surface area contributed by atoms with Crippen molar-refractivity contribution in [3.8, 4) is 11.5 Å². The lowest BCUT2D eigenvalue weighted by Crippen LogP contribution is -2.26. The first-order valence-corrected chi connectivity index (χ1v) is 6.89. The molecule has 0 fully saturated rings. The quantitative estimate of drug-likeness (QED) is 0.899. The van der Waals surface area contributed by atoms with Gasteiger partial charge in [0.2, 0.25) is 0 Å². The minimum absolute atomic E-state index is 0.426. The molecular weight excluding hydrogens is 256 g/mol. The summed E-state index contributed by atoms with van der Waals surface area (Å²) in [6.07, 6.45) is 3.48. The SMILES string of the molecule is COc1cc(CC(C)(C)C(=O)O)c(OC)c2c1CCC2. The van der Waals surface area contributed by atoms with Crippen molar-refractivity contribution in [2.24, 2.45) is 5.41 Å². The van der Waals surface area contributed by atoms with Gasteiger partial charge in [0.05, 0.1) is 19.6 Å². The number of aliphatic carboxylic acids is 1. The summed E-state index contributed by atoms with van der Waals surface area (Å²) in [7, 11) is 3.31. The molecule has 0 bridgehead atoms. The molecule has 1 aromatic rings. The first-order chi connectivity index (χ1) is 9.40. The molecule has 0 saturated carbocycles. The summed E-state index contributed by atoms with van der Waals surface area (Å²) < 4.78 is 11.0. The molecule has 1 N–H and O–H groups in total. The lowest BCUT2D eigenvalue weighted by atomic mass is 9.84. The molecule has 0 amide bonds. The second-order valence-electron chi connectivity index (χ2n) is 5.95.